The van der Waals surface area contributed by atoms with Gasteiger partial charge in [0.2, 0.25) is 11.7 Å². The zero-order chi connectivity index (χ0) is 20.5. The first-order valence-electron chi connectivity index (χ1n) is 8.22. The van der Waals surface area contributed by atoms with Crippen molar-refractivity contribution in [3.63, 3.8) is 0 Å². The molecule has 0 saturated heterocycles. The minimum Gasteiger partial charge on any atom is -0.493 e. The number of carbonyl (C=O) groups is 2. The summed E-state index contributed by atoms with van der Waals surface area (Å²) in [7, 11) is 4.42. The van der Waals surface area contributed by atoms with Crippen LogP contribution >= 0.6 is 0 Å². The van der Waals surface area contributed by atoms with Gasteiger partial charge in [-0.1, -0.05) is 12.1 Å². The summed E-state index contributed by atoms with van der Waals surface area (Å²) in [6.45, 7) is -0.453. The van der Waals surface area contributed by atoms with Crippen molar-refractivity contribution >= 4 is 11.8 Å². The Balaban J connectivity index is 1.88. The van der Waals surface area contributed by atoms with Crippen molar-refractivity contribution in [3.8, 4) is 23.0 Å². The molecule has 0 aromatic heterocycles. The lowest BCUT2D eigenvalue weighted by Crippen LogP contribution is -2.44. The first kappa shape index (κ1) is 20.8. The van der Waals surface area contributed by atoms with Crippen LogP contribution in [0, 0.1) is 5.82 Å². The number of amides is 2. The molecule has 0 radical (unpaired) electrons. The first-order valence-corrected chi connectivity index (χ1v) is 8.22. The van der Waals surface area contributed by atoms with Crippen LogP contribution < -0.4 is 29.8 Å². The largest absolute Gasteiger partial charge is 0.493 e. The molecule has 2 aromatic rings. The van der Waals surface area contributed by atoms with Crippen LogP contribution in [0.1, 0.15) is 5.56 Å². The third kappa shape index (κ3) is 5.50. The Morgan fingerprint density at radius 3 is 2.07 bits per heavy atom. The molecule has 0 spiro atoms. The molecule has 0 atom stereocenters. The van der Waals surface area contributed by atoms with Gasteiger partial charge in [0.15, 0.2) is 29.7 Å². The number of hydrogen-bond donors (Lipinski definition) is 2. The highest BCUT2D eigenvalue weighted by molar-refractivity contribution is 5.84. The summed E-state index contributed by atoms with van der Waals surface area (Å²) < 4.78 is 34.1. The Morgan fingerprint density at radius 2 is 1.50 bits per heavy atom. The van der Waals surface area contributed by atoms with Crippen molar-refractivity contribution in [3.05, 3.63) is 47.8 Å². The van der Waals surface area contributed by atoms with Gasteiger partial charge in [-0.25, -0.2) is 4.39 Å². The molecule has 8 nitrogen and oxygen atoms in total. The SMILES string of the molecule is COc1cc(CC(=O)NNC(=O)COc2ccccc2F)cc(OC)c1OC. The lowest BCUT2D eigenvalue weighted by atomic mass is 10.1. The number of hydrazine groups is 1. The van der Waals surface area contributed by atoms with E-state index in [1.54, 1.807) is 18.2 Å². The number of methoxy groups -OCH3 is 3. The van der Waals surface area contributed by atoms with Crippen molar-refractivity contribution in [2.45, 2.75) is 6.42 Å². The maximum Gasteiger partial charge on any atom is 0.276 e. The van der Waals surface area contributed by atoms with Crippen molar-refractivity contribution in [2.75, 3.05) is 27.9 Å². The van der Waals surface area contributed by atoms with Crippen LogP contribution in [0.25, 0.3) is 0 Å². The molecule has 0 heterocycles. The number of rotatable bonds is 8. The van der Waals surface area contributed by atoms with Gasteiger partial charge in [0.1, 0.15) is 0 Å². The van der Waals surface area contributed by atoms with Gasteiger partial charge in [-0.15, -0.1) is 0 Å². The molecule has 0 unspecified atom stereocenters. The van der Waals surface area contributed by atoms with Crippen molar-refractivity contribution in [1.82, 2.24) is 10.9 Å². The molecule has 150 valence electrons. The van der Waals surface area contributed by atoms with Crippen molar-refractivity contribution in [1.29, 1.82) is 0 Å². The number of halogens is 1. The molecular weight excluding hydrogens is 371 g/mol. The van der Waals surface area contributed by atoms with Gasteiger partial charge >= 0.3 is 0 Å². The summed E-state index contributed by atoms with van der Waals surface area (Å²) in [4.78, 5) is 23.8. The molecule has 0 aliphatic heterocycles. The van der Waals surface area contributed by atoms with E-state index in [0.717, 1.165) is 0 Å². The average Bonchev–Trinajstić information content (AvgIpc) is 2.70. The van der Waals surface area contributed by atoms with E-state index < -0.39 is 24.2 Å². The van der Waals surface area contributed by atoms with Gasteiger partial charge < -0.3 is 18.9 Å². The number of nitrogens with one attached hydrogen (secondary N) is 2. The Labute approximate surface area is 161 Å². The van der Waals surface area contributed by atoms with Gasteiger partial charge in [0.05, 0.1) is 27.8 Å². The summed E-state index contributed by atoms with van der Waals surface area (Å²) in [5, 5.41) is 0. The summed E-state index contributed by atoms with van der Waals surface area (Å²) >= 11 is 0. The Kier molecular flexibility index (Phi) is 7.44. The van der Waals surface area contributed by atoms with Gasteiger partial charge in [-0.3, -0.25) is 20.4 Å². The summed E-state index contributed by atoms with van der Waals surface area (Å²) in [5.74, 6) is -0.523. The number of benzene rings is 2. The van der Waals surface area contributed by atoms with Crippen LogP contribution in [-0.2, 0) is 16.0 Å². The molecule has 9 heteroatoms. The van der Waals surface area contributed by atoms with E-state index in [1.165, 1.54) is 39.5 Å². The topological polar surface area (TPSA) is 95.1 Å². The standard InChI is InChI=1S/C19H21FN2O6/c1-25-15-8-12(9-16(26-2)19(15)27-3)10-17(23)21-22-18(24)11-28-14-7-5-4-6-13(14)20/h4-9H,10-11H2,1-3H3,(H,21,23)(H,22,24). The van der Waals surface area contributed by atoms with Gasteiger partial charge in [-0.05, 0) is 29.8 Å². The summed E-state index contributed by atoms with van der Waals surface area (Å²) in [6.07, 6.45) is -0.0504. The van der Waals surface area contributed by atoms with E-state index in [4.69, 9.17) is 18.9 Å². The maximum absolute atomic E-state index is 13.4. The van der Waals surface area contributed by atoms with E-state index in [2.05, 4.69) is 10.9 Å². The summed E-state index contributed by atoms with van der Waals surface area (Å²) in [5.41, 5.74) is 5.05. The second kappa shape index (κ2) is 10.0. The number of carbonyl (C=O) groups excluding carboxylic acids is 2. The number of para-hydroxylation sites is 1. The molecule has 2 N–H and O–H groups in total. The van der Waals surface area contributed by atoms with E-state index in [9.17, 15) is 14.0 Å². The van der Waals surface area contributed by atoms with Crippen molar-refractivity contribution < 1.29 is 32.9 Å². The highest BCUT2D eigenvalue weighted by Crippen LogP contribution is 2.38. The van der Waals surface area contributed by atoms with Gasteiger partial charge in [-0.2, -0.15) is 0 Å². The van der Waals surface area contributed by atoms with Gasteiger partial charge in [0, 0.05) is 0 Å². The van der Waals surface area contributed by atoms with E-state index in [-0.39, 0.29) is 12.2 Å². The van der Waals surface area contributed by atoms with E-state index >= 15 is 0 Å². The van der Waals surface area contributed by atoms with Crippen LogP contribution in [0.2, 0.25) is 0 Å². The fourth-order valence-electron chi connectivity index (χ4n) is 2.35. The van der Waals surface area contributed by atoms with E-state index in [1.807, 2.05) is 0 Å². The lowest BCUT2D eigenvalue weighted by molar-refractivity contribution is -0.129. The number of hydrogen-bond acceptors (Lipinski definition) is 6. The van der Waals surface area contributed by atoms with E-state index in [0.29, 0.717) is 22.8 Å². The molecular formula is C19H21FN2O6. The Morgan fingerprint density at radius 1 is 0.893 bits per heavy atom. The minimum absolute atomic E-state index is 0.0504. The molecule has 28 heavy (non-hydrogen) atoms. The van der Waals surface area contributed by atoms with Crippen LogP contribution in [0.15, 0.2) is 36.4 Å². The van der Waals surface area contributed by atoms with Crippen LogP contribution in [0.3, 0.4) is 0 Å². The monoisotopic (exact) mass is 392 g/mol. The molecule has 2 aromatic carbocycles. The Bertz CT molecular complexity index is 818. The molecule has 2 rings (SSSR count). The highest BCUT2D eigenvalue weighted by Gasteiger charge is 2.15. The quantitative estimate of drug-likeness (QED) is 0.663. The lowest BCUT2D eigenvalue weighted by Gasteiger charge is -2.14. The third-order valence-electron chi connectivity index (χ3n) is 3.63. The predicted octanol–water partition coefficient (Wildman–Crippen LogP) is 1.62. The fraction of sp³-hybridized carbons (Fsp3) is 0.263. The molecule has 0 aliphatic rings. The second-order valence-electron chi connectivity index (χ2n) is 5.53. The number of ether oxygens (including phenoxy) is 4. The molecule has 2 amide bonds. The Hall–Kier alpha value is -3.49. The van der Waals surface area contributed by atoms with Crippen molar-refractivity contribution in [2.24, 2.45) is 0 Å². The zero-order valence-corrected chi connectivity index (χ0v) is 15.7. The van der Waals surface area contributed by atoms with Crippen LogP contribution in [0.5, 0.6) is 23.0 Å². The van der Waals surface area contributed by atoms with Gasteiger partial charge in [0.25, 0.3) is 5.91 Å². The molecule has 0 aliphatic carbocycles. The average molecular weight is 392 g/mol. The fourth-order valence-corrected chi connectivity index (χ4v) is 2.35. The maximum atomic E-state index is 13.4. The zero-order valence-electron chi connectivity index (χ0n) is 15.7. The minimum atomic E-state index is -0.638. The highest BCUT2D eigenvalue weighted by atomic mass is 19.1. The van der Waals surface area contributed by atoms with Crippen LogP contribution in [-0.4, -0.2) is 39.8 Å². The third-order valence-corrected chi connectivity index (χ3v) is 3.63. The molecule has 0 bridgehead atoms. The normalized spacial score (nSPS) is 10.0. The van der Waals surface area contributed by atoms with Crippen LogP contribution in [0.4, 0.5) is 4.39 Å². The predicted molar refractivity (Wildman–Crippen MR) is 98.0 cm³/mol. The second-order valence-corrected chi connectivity index (χ2v) is 5.53. The smallest absolute Gasteiger partial charge is 0.276 e. The molecule has 0 fully saturated rings. The molecule has 0 saturated carbocycles. The summed E-state index contributed by atoms with van der Waals surface area (Å²) in [6, 6.07) is 8.95. The first-order chi connectivity index (χ1) is 13.5.